The van der Waals surface area contributed by atoms with Crippen LogP contribution in [0.2, 0.25) is 0 Å². The summed E-state index contributed by atoms with van der Waals surface area (Å²) in [6.07, 6.45) is -4.48. The first-order chi connectivity index (χ1) is 8.88. The van der Waals surface area contributed by atoms with Crippen LogP contribution in [0.4, 0.5) is 18.9 Å². The van der Waals surface area contributed by atoms with Crippen LogP contribution in [0, 0.1) is 11.3 Å². The van der Waals surface area contributed by atoms with E-state index in [2.05, 4.69) is 15.3 Å². The van der Waals surface area contributed by atoms with Gasteiger partial charge in [0.25, 0.3) is 0 Å². The van der Waals surface area contributed by atoms with Gasteiger partial charge in [0.15, 0.2) is 0 Å². The summed E-state index contributed by atoms with van der Waals surface area (Å²) in [4.78, 5) is 11.0. The smallest absolute Gasteiger partial charge is 0.416 e. The molecule has 0 aromatic heterocycles. The minimum absolute atomic E-state index is 0.00789. The van der Waals surface area contributed by atoms with Crippen LogP contribution in [-0.2, 0) is 15.7 Å². The van der Waals surface area contributed by atoms with Crippen molar-refractivity contribution in [2.45, 2.75) is 6.18 Å². The third-order valence-corrected chi connectivity index (χ3v) is 1.97. The molecule has 0 saturated carbocycles. The molecule has 0 aliphatic heterocycles. The van der Waals surface area contributed by atoms with E-state index < -0.39 is 23.4 Å². The molecule has 5 nitrogen and oxygen atoms in total. The number of methoxy groups -OCH3 is 1. The van der Waals surface area contributed by atoms with Crippen molar-refractivity contribution in [3.63, 3.8) is 0 Å². The van der Waals surface area contributed by atoms with Crippen molar-refractivity contribution in [3.05, 3.63) is 29.8 Å². The van der Waals surface area contributed by atoms with Gasteiger partial charge < -0.3 is 4.74 Å². The lowest BCUT2D eigenvalue weighted by Gasteiger charge is -2.08. The summed E-state index contributed by atoms with van der Waals surface area (Å²) < 4.78 is 41.5. The average Bonchev–Trinajstić information content (AvgIpc) is 2.38. The Labute approximate surface area is 106 Å². The topological polar surface area (TPSA) is 74.5 Å². The molecule has 1 N–H and O–H groups in total. The van der Waals surface area contributed by atoms with Gasteiger partial charge in [-0.15, -0.1) is 0 Å². The molecule has 8 heteroatoms. The van der Waals surface area contributed by atoms with Crippen molar-refractivity contribution in [1.29, 1.82) is 5.26 Å². The second-order valence-electron chi connectivity index (χ2n) is 3.25. The lowest BCUT2D eigenvalue weighted by Crippen LogP contribution is -2.15. The van der Waals surface area contributed by atoms with Gasteiger partial charge in [0, 0.05) is 0 Å². The third-order valence-electron chi connectivity index (χ3n) is 1.97. The molecule has 100 valence electrons. The number of carbonyl (C=O) groups is 1. The number of halogens is 3. The number of hydrazone groups is 1. The summed E-state index contributed by atoms with van der Waals surface area (Å²) in [5.74, 6) is -0.984. The van der Waals surface area contributed by atoms with Gasteiger partial charge in [0.1, 0.15) is 6.07 Å². The fourth-order valence-corrected chi connectivity index (χ4v) is 1.10. The summed E-state index contributed by atoms with van der Waals surface area (Å²) in [7, 11) is 1.06. The summed E-state index contributed by atoms with van der Waals surface area (Å²) in [5.41, 5.74) is 0.712. The number of nitriles is 1. The Balaban J connectivity index is 2.93. The summed E-state index contributed by atoms with van der Waals surface area (Å²) >= 11 is 0. The predicted molar refractivity (Wildman–Crippen MR) is 60.1 cm³/mol. The van der Waals surface area contributed by atoms with Crippen LogP contribution in [0.3, 0.4) is 0 Å². The molecule has 0 aliphatic carbocycles. The van der Waals surface area contributed by atoms with Crippen molar-refractivity contribution in [1.82, 2.24) is 0 Å². The minimum Gasteiger partial charge on any atom is -0.464 e. The highest BCUT2D eigenvalue weighted by molar-refractivity contribution is 6.43. The molecule has 0 unspecified atom stereocenters. The van der Waals surface area contributed by atoms with Gasteiger partial charge in [-0.3, -0.25) is 5.43 Å². The Bertz CT molecular complexity index is 547. The number of rotatable bonds is 3. The van der Waals surface area contributed by atoms with Crippen LogP contribution in [0.5, 0.6) is 0 Å². The lowest BCUT2D eigenvalue weighted by molar-refractivity contribution is -0.137. The number of hydrogen-bond donors (Lipinski definition) is 1. The maximum atomic E-state index is 12.4. The number of anilines is 1. The van der Waals surface area contributed by atoms with E-state index in [-0.39, 0.29) is 5.69 Å². The number of ether oxygens (including phenoxy) is 1. The molecule has 1 aromatic carbocycles. The first-order valence-corrected chi connectivity index (χ1v) is 4.88. The maximum absolute atomic E-state index is 12.4. The molecule has 1 rings (SSSR count). The van der Waals surface area contributed by atoms with E-state index in [1.165, 1.54) is 18.2 Å². The second kappa shape index (κ2) is 5.86. The molecule has 1 aromatic rings. The normalized spacial score (nSPS) is 11.6. The van der Waals surface area contributed by atoms with E-state index in [1.54, 1.807) is 0 Å². The second-order valence-corrected chi connectivity index (χ2v) is 3.25. The van der Waals surface area contributed by atoms with E-state index in [0.29, 0.717) is 0 Å². The largest absolute Gasteiger partial charge is 0.464 e. The zero-order chi connectivity index (χ0) is 14.5. The monoisotopic (exact) mass is 271 g/mol. The Hall–Kier alpha value is -2.56. The zero-order valence-electron chi connectivity index (χ0n) is 9.65. The van der Waals surface area contributed by atoms with E-state index in [0.717, 1.165) is 19.2 Å². The highest BCUT2D eigenvalue weighted by Crippen LogP contribution is 2.30. The lowest BCUT2D eigenvalue weighted by atomic mass is 10.2. The molecule has 0 heterocycles. The number of benzene rings is 1. The van der Waals surface area contributed by atoms with E-state index >= 15 is 0 Å². The molecule has 0 saturated heterocycles. The standard InChI is InChI=1S/C11H8F3N3O2/c1-19-10(18)9(6-15)17-16-8-4-2-3-7(5-8)11(12,13)14/h2-5,16H,1H3/b17-9+. The SMILES string of the molecule is COC(=O)/C(C#N)=N/Nc1cccc(C(F)(F)F)c1. The van der Waals surface area contributed by atoms with Gasteiger partial charge in [0.2, 0.25) is 5.71 Å². The molecule has 0 aliphatic rings. The maximum Gasteiger partial charge on any atom is 0.416 e. The minimum atomic E-state index is -4.48. The third kappa shape index (κ3) is 3.99. The van der Waals surface area contributed by atoms with Gasteiger partial charge in [-0.05, 0) is 18.2 Å². The number of nitrogens with one attached hydrogen (secondary N) is 1. The van der Waals surface area contributed by atoms with Crippen molar-refractivity contribution < 1.29 is 22.7 Å². The molecule has 0 amide bonds. The number of esters is 1. The molecule has 0 fully saturated rings. The quantitative estimate of drug-likeness (QED) is 0.519. The van der Waals surface area contributed by atoms with Crippen molar-refractivity contribution in [2.24, 2.45) is 5.10 Å². The van der Waals surface area contributed by atoms with E-state index in [4.69, 9.17) is 5.26 Å². The van der Waals surface area contributed by atoms with Crippen LogP contribution < -0.4 is 5.43 Å². The van der Waals surface area contributed by atoms with Gasteiger partial charge in [-0.1, -0.05) is 6.07 Å². The van der Waals surface area contributed by atoms with Gasteiger partial charge in [-0.25, -0.2) is 4.79 Å². The van der Waals surface area contributed by atoms with Crippen LogP contribution in [0.1, 0.15) is 5.56 Å². The molecule has 0 bridgehead atoms. The van der Waals surface area contributed by atoms with Crippen LogP contribution in [0.15, 0.2) is 29.4 Å². The zero-order valence-corrected chi connectivity index (χ0v) is 9.65. The fourth-order valence-electron chi connectivity index (χ4n) is 1.10. The Morgan fingerprint density at radius 3 is 2.68 bits per heavy atom. The predicted octanol–water partition coefficient (Wildman–Crippen LogP) is 2.17. The first kappa shape index (κ1) is 14.5. The number of hydrogen-bond acceptors (Lipinski definition) is 5. The van der Waals surface area contributed by atoms with Crippen LogP contribution >= 0.6 is 0 Å². The molecule has 0 spiro atoms. The van der Waals surface area contributed by atoms with Crippen LogP contribution in [0.25, 0.3) is 0 Å². The molecular weight excluding hydrogens is 263 g/mol. The number of nitrogens with zero attached hydrogens (tertiary/aromatic N) is 2. The highest BCUT2D eigenvalue weighted by Gasteiger charge is 2.30. The molecule has 0 radical (unpaired) electrons. The van der Waals surface area contributed by atoms with Crippen LogP contribution in [-0.4, -0.2) is 18.8 Å². The molecule has 0 atom stereocenters. The molecular formula is C11H8F3N3O2. The van der Waals surface area contributed by atoms with E-state index in [9.17, 15) is 18.0 Å². The average molecular weight is 271 g/mol. The summed E-state index contributed by atoms with van der Waals surface area (Å²) in [6, 6.07) is 5.63. The van der Waals surface area contributed by atoms with Gasteiger partial charge in [-0.2, -0.15) is 23.5 Å². The van der Waals surface area contributed by atoms with Gasteiger partial charge in [0.05, 0.1) is 18.4 Å². The Morgan fingerprint density at radius 2 is 2.16 bits per heavy atom. The number of alkyl halides is 3. The molecule has 19 heavy (non-hydrogen) atoms. The van der Waals surface area contributed by atoms with Crippen molar-refractivity contribution in [3.8, 4) is 6.07 Å². The fraction of sp³-hybridized carbons (Fsp3) is 0.182. The van der Waals surface area contributed by atoms with Gasteiger partial charge >= 0.3 is 12.1 Å². The summed E-state index contributed by atoms with van der Waals surface area (Å²) in [6.45, 7) is 0. The summed E-state index contributed by atoms with van der Waals surface area (Å²) in [5, 5.41) is 12.0. The Morgan fingerprint density at radius 1 is 1.47 bits per heavy atom. The van der Waals surface area contributed by atoms with Crippen molar-refractivity contribution >= 4 is 17.4 Å². The highest BCUT2D eigenvalue weighted by atomic mass is 19.4. The number of carbonyl (C=O) groups excluding carboxylic acids is 1. The van der Waals surface area contributed by atoms with Crippen molar-refractivity contribution in [2.75, 3.05) is 12.5 Å². The van der Waals surface area contributed by atoms with E-state index in [1.807, 2.05) is 0 Å². The Kier molecular flexibility index (Phi) is 4.47. The first-order valence-electron chi connectivity index (χ1n) is 4.88.